The predicted octanol–water partition coefficient (Wildman–Crippen LogP) is 1.41. The summed E-state index contributed by atoms with van der Waals surface area (Å²) >= 11 is 3.25. The molecule has 0 aromatic heterocycles. The van der Waals surface area contributed by atoms with E-state index in [0.29, 0.717) is 15.9 Å². The predicted molar refractivity (Wildman–Crippen MR) is 76.0 cm³/mol. The number of nitrogens with one attached hydrogen (secondary N) is 2. The van der Waals surface area contributed by atoms with Crippen LogP contribution >= 0.6 is 15.9 Å². The molecule has 8 heteroatoms. The van der Waals surface area contributed by atoms with E-state index < -0.39 is 24.1 Å². The second-order valence-corrected chi connectivity index (χ2v) is 4.86. The third kappa shape index (κ3) is 4.39. The van der Waals surface area contributed by atoms with Crippen molar-refractivity contribution in [1.29, 1.82) is 0 Å². The zero-order valence-electron chi connectivity index (χ0n) is 10.9. The maximum atomic E-state index is 11.7. The lowest BCUT2D eigenvalue weighted by molar-refractivity contribution is -0.141. The molecule has 0 heterocycles. The zero-order valence-corrected chi connectivity index (χ0v) is 12.5. The molecule has 0 aliphatic rings. The quantitative estimate of drug-likeness (QED) is 0.644. The molecule has 0 aliphatic heterocycles. The van der Waals surface area contributed by atoms with Gasteiger partial charge in [0, 0.05) is 10.5 Å². The normalized spacial score (nSPS) is 13.2. The highest BCUT2D eigenvalue weighted by Crippen LogP contribution is 2.26. The van der Waals surface area contributed by atoms with Crippen molar-refractivity contribution < 1.29 is 24.5 Å². The van der Waals surface area contributed by atoms with E-state index in [9.17, 15) is 14.7 Å². The summed E-state index contributed by atoms with van der Waals surface area (Å²) in [5.74, 6) is -0.784. The first-order chi connectivity index (χ1) is 9.35. The molecule has 0 bridgehead atoms. The topological polar surface area (TPSA) is 108 Å². The number of aliphatic carboxylic acids is 1. The first-order valence-corrected chi connectivity index (χ1v) is 6.46. The van der Waals surface area contributed by atoms with Crippen LogP contribution in [0, 0.1) is 0 Å². The molecule has 0 saturated heterocycles. The molecule has 1 rings (SSSR count). The first-order valence-electron chi connectivity index (χ1n) is 5.67. The second-order valence-electron chi connectivity index (χ2n) is 4.00. The summed E-state index contributed by atoms with van der Waals surface area (Å²) in [4.78, 5) is 22.6. The molecule has 110 valence electrons. The van der Waals surface area contributed by atoms with E-state index >= 15 is 0 Å². The number of urea groups is 1. The summed E-state index contributed by atoms with van der Waals surface area (Å²) in [5, 5.41) is 22.8. The van der Waals surface area contributed by atoms with E-state index in [1.165, 1.54) is 14.0 Å². The molecule has 2 amide bonds. The second kappa shape index (κ2) is 7.11. The van der Waals surface area contributed by atoms with Gasteiger partial charge in [-0.25, -0.2) is 9.59 Å². The Kier molecular flexibility index (Phi) is 5.78. The number of halogens is 1. The van der Waals surface area contributed by atoms with Gasteiger partial charge in [-0.3, -0.25) is 0 Å². The Morgan fingerprint density at radius 1 is 1.40 bits per heavy atom. The van der Waals surface area contributed by atoms with Crippen molar-refractivity contribution in [3.05, 3.63) is 22.7 Å². The van der Waals surface area contributed by atoms with Crippen molar-refractivity contribution in [1.82, 2.24) is 5.32 Å². The maximum Gasteiger partial charge on any atom is 0.328 e. The number of hydrogen-bond donors (Lipinski definition) is 4. The number of hydrogen-bond acceptors (Lipinski definition) is 4. The average molecular weight is 347 g/mol. The number of anilines is 1. The zero-order chi connectivity index (χ0) is 15.3. The van der Waals surface area contributed by atoms with E-state index in [0.717, 1.165) is 0 Å². The van der Waals surface area contributed by atoms with Gasteiger partial charge in [-0.05, 0) is 35.0 Å². The van der Waals surface area contributed by atoms with Gasteiger partial charge in [-0.1, -0.05) is 0 Å². The molecule has 4 N–H and O–H groups in total. The first kappa shape index (κ1) is 16.3. The minimum atomic E-state index is -1.39. The van der Waals surface area contributed by atoms with Crippen molar-refractivity contribution in [3.8, 4) is 5.75 Å². The van der Waals surface area contributed by atoms with Crippen LogP contribution in [0.4, 0.5) is 10.5 Å². The minimum absolute atomic E-state index is 0.414. The van der Waals surface area contributed by atoms with Gasteiger partial charge in [0.05, 0.1) is 18.9 Å². The van der Waals surface area contributed by atoms with Crippen LogP contribution in [0.5, 0.6) is 5.75 Å². The van der Waals surface area contributed by atoms with E-state index in [-0.39, 0.29) is 0 Å². The fourth-order valence-corrected chi connectivity index (χ4v) is 1.76. The van der Waals surface area contributed by atoms with Crippen molar-refractivity contribution in [2.75, 3.05) is 12.4 Å². The van der Waals surface area contributed by atoms with Crippen LogP contribution in [0.2, 0.25) is 0 Å². The highest BCUT2D eigenvalue weighted by Gasteiger charge is 2.25. The van der Waals surface area contributed by atoms with Gasteiger partial charge in [-0.2, -0.15) is 0 Å². The number of aliphatic hydroxyl groups is 1. The van der Waals surface area contributed by atoms with Crippen LogP contribution in [0.15, 0.2) is 22.7 Å². The van der Waals surface area contributed by atoms with Gasteiger partial charge in [-0.15, -0.1) is 0 Å². The largest absolute Gasteiger partial charge is 0.497 e. The third-order valence-corrected chi connectivity index (χ3v) is 3.15. The Balaban J connectivity index is 2.78. The lowest BCUT2D eigenvalue weighted by Gasteiger charge is -2.18. The molecule has 20 heavy (non-hydrogen) atoms. The number of rotatable bonds is 5. The number of aliphatic hydroxyl groups excluding tert-OH is 1. The standard InChI is InChI=1S/C12H15BrN2O5/c1-6(16)10(11(17)18)15-12(19)14-9-5-7(20-2)3-4-8(9)13/h3-6,10,16H,1-2H3,(H,17,18)(H2,14,15,19). The molecule has 7 nitrogen and oxygen atoms in total. The van der Waals surface area contributed by atoms with E-state index in [2.05, 4.69) is 26.6 Å². The van der Waals surface area contributed by atoms with Gasteiger partial charge in [0.25, 0.3) is 0 Å². The van der Waals surface area contributed by atoms with Crippen molar-refractivity contribution in [2.24, 2.45) is 0 Å². The van der Waals surface area contributed by atoms with Gasteiger partial charge in [0.15, 0.2) is 6.04 Å². The van der Waals surface area contributed by atoms with Gasteiger partial charge >= 0.3 is 12.0 Å². The van der Waals surface area contributed by atoms with Crippen LogP contribution in [0.3, 0.4) is 0 Å². The molecule has 0 radical (unpaired) electrons. The molecular weight excluding hydrogens is 332 g/mol. The lowest BCUT2D eigenvalue weighted by atomic mass is 10.2. The van der Waals surface area contributed by atoms with E-state index in [1.54, 1.807) is 18.2 Å². The third-order valence-electron chi connectivity index (χ3n) is 2.46. The number of carboxylic acids is 1. The van der Waals surface area contributed by atoms with Crippen LogP contribution in [-0.4, -0.2) is 41.5 Å². The summed E-state index contributed by atoms with van der Waals surface area (Å²) in [7, 11) is 1.49. The summed E-state index contributed by atoms with van der Waals surface area (Å²) in [6.45, 7) is 1.28. The maximum absolute atomic E-state index is 11.7. The van der Waals surface area contributed by atoms with Crippen LogP contribution in [0.25, 0.3) is 0 Å². The van der Waals surface area contributed by atoms with Crippen molar-refractivity contribution >= 4 is 33.6 Å². The Bertz CT molecular complexity index is 507. The molecule has 0 aliphatic carbocycles. The number of carboxylic acid groups (broad SMARTS) is 1. The molecule has 1 aromatic carbocycles. The smallest absolute Gasteiger partial charge is 0.328 e. The molecule has 0 saturated carbocycles. The number of benzene rings is 1. The minimum Gasteiger partial charge on any atom is -0.497 e. The number of carbonyl (C=O) groups is 2. The highest BCUT2D eigenvalue weighted by molar-refractivity contribution is 9.10. The van der Waals surface area contributed by atoms with E-state index in [4.69, 9.17) is 9.84 Å². The Morgan fingerprint density at radius 2 is 2.05 bits per heavy atom. The summed E-state index contributed by atoms with van der Waals surface area (Å²) in [6.07, 6.45) is -1.22. The lowest BCUT2D eigenvalue weighted by Crippen LogP contribution is -2.49. The molecule has 2 unspecified atom stereocenters. The summed E-state index contributed by atoms with van der Waals surface area (Å²) < 4.78 is 5.63. The Hall–Kier alpha value is -1.80. The molecule has 0 fully saturated rings. The van der Waals surface area contributed by atoms with Crippen LogP contribution < -0.4 is 15.4 Å². The van der Waals surface area contributed by atoms with Crippen LogP contribution in [0.1, 0.15) is 6.92 Å². The Labute approximate surface area is 124 Å². The molecule has 1 aromatic rings. The summed E-state index contributed by atoms with van der Waals surface area (Å²) in [6, 6.07) is 2.81. The van der Waals surface area contributed by atoms with Gasteiger partial charge in [0.1, 0.15) is 5.75 Å². The number of amides is 2. The SMILES string of the molecule is COc1ccc(Br)c(NC(=O)NC(C(=O)O)C(C)O)c1. The fraction of sp³-hybridized carbons (Fsp3) is 0.333. The highest BCUT2D eigenvalue weighted by atomic mass is 79.9. The Morgan fingerprint density at radius 3 is 2.55 bits per heavy atom. The van der Waals surface area contributed by atoms with Crippen LogP contribution in [-0.2, 0) is 4.79 Å². The van der Waals surface area contributed by atoms with Crippen molar-refractivity contribution in [2.45, 2.75) is 19.1 Å². The van der Waals surface area contributed by atoms with Gasteiger partial charge < -0.3 is 25.6 Å². The van der Waals surface area contributed by atoms with Crippen molar-refractivity contribution in [3.63, 3.8) is 0 Å². The monoisotopic (exact) mass is 346 g/mol. The molecule has 2 atom stereocenters. The molecule has 0 spiro atoms. The number of methoxy groups -OCH3 is 1. The fourth-order valence-electron chi connectivity index (χ4n) is 1.42. The summed E-state index contributed by atoms with van der Waals surface area (Å²) in [5.41, 5.74) is 0.414. The average Bonchev–Trinajstić information content (AvgIpc) is 2.37. The van der Waals surface area contributed by atoms with E-state index in [1.807, 2.05) is 0 Å². The number of ether oxygens (including phenoxy) is 1. The molecular formula is C12H15BrN2O5. The van der Waals surface area contributed by atoms with Gasteiger partial charge in [0.2, 0.25) is 0 Å². The number of carbonyl (C=O) groups excluding carboxylic acids is 1.